The molecule has 3 heteroatoms. The quantitative estimate of drug-likeness (QED) is 0.700. The molecule has 0 fully saturated rings. The first-order chi connectivity index (χ1) is 6.81. The summed E-state index contributed by atoms with van der Waals surface area (Å²) in [5.74, 6) is 0. The Kier molecular flexibility index (Phi) is 2.59. The van der Waals surface area contributed by atoms with Gasteiger partial charge in [-0.3, -0.25) is 4.79 Å². The summed E-state index contributed by atoms with van der Waals surface area (Å²) in [6.45, 7) is 2.07. The molecule has 1 atom stereocenters. The third kappa shape index (κ3) is 1.68. The van der Waals surface area contributed by atoms with E-state index >= 15 is 0 Å². The average Bonchev–Trinajstić information content (AvgIpc) is 2.18. The molecular weight excluding hydrogens is 194 g/mol. The number of thioether (sulfide) groups is 1. The zero-order valence-corrected chi connectivity index (χ0v) is 8.67. The zero-order valence-electron chi connectivity index (χ0n) is 7.86. The van der Waals surface area contributed by atoms with Gasteiger partial charge in [-0.05, 0) is 24.1 Å². The van der Waals surface area contributed by atoms with Gasteiger partial charge < -0.3 is 5.32 Å². The zero-order chi connectivity index (χ0) is 9.97. The number of allylic oxidation sites excluding steroid dienone is 5. The van der Waals surface area contributed by atoms with Crippen LogP contribution in [-0.4, -0.2) is 11.7 Å². The molecule has 72 valence electrons. The van der Waals surface area contributed by atoms with Crippen molar-refractivity contribution in [2.75, 3.05) is 0 Å². The number of nitrogens with one attached hydrogen (secondary N) is 1. The SMILES string of the molecule is CC1=C2C=CC=CC2SC(NC=O)=C1. The molecule has 0 bridgehead atoms. The molecule has 1 amide bonds. The van der Waals surface area contributed by atoms with Crippen molar-refractivity contribution < 1.29 is 4.79 Å². The molecular formula is C11H11NOS. The first-order valence-corrected chi connectivity index (χ1v) is 5.33. The van der Waals surface area contributed by atoms with E-state index < -0.39 is 0 Å². The van der Waals surface area contributed by atoms with Crippen LogP contribution in [0.4, 0.5) is 0 Å². The van der Waals surface area contributed by atoms with Gasteiger partial charge in [0.1, 0.15) is 0 Å². The smallest absolute Gasteiger partial charge is 0.211 e. The molecule has 14 heavy (non-hydrogen) atoms. The van der Waals surface area contributed by atoms with Crippen molar-refractivity contribution in [1.82, 2.24) is 5.32 Å². The highest BCUT2D eigenvalue weighted by atomic mass is 32.2. The number of hydrogen-bond acceptors (Lipinski definition) is 2. The molecule has 2 nitrogen and oxygen atoms in total. The van der Waals surface area contributed by atoms with Crippen molar-refractivity contribution in [3.63, 3.8) is 0 Å². The van der Waals surface area contributed by atoms with Crippen molar-refractivity contribution >= 4 is 18.2 Å². The summed E-state index contributed by atoms with van der Waals surface area (Å²) < 4.78 is 0. The fourth-order valence-corrected chi connectivity index (χ4v) is 2.76. The highest BCUT2D eigenvalue weighted by Gasteiger charge is 2.20. The summed E-state index contributed by atoms with van der Waals surface area (Å²) in [6, 6.07) is 0. The van der Waals surface area contributed by atoms with E-state index in [-0.39, 0.29) is 0 Å². The van der Waals surface area contributed by atoms with Crippen LogP contribution >= 0.6 is 11.8 Å². The lowest BCUT2D eigenvalue weighted by Crippen LogP contribution is -2.17. The normalized spacial score (nSPS) is 24.4. The predicted molar refractivity (Wildman–Crippen MR) is 59.6 cm³/mol. The van der Waals surface area contributed by atoms with Crippen LogP contribution in [0.5, 0.6) is 0 Å². The van der Waals surface area contributed by atoms with Crippen LogP contribution in [0.3, 0.4) is 0 Å². The molecule has 1 heterocycles. The molecule has 2 rings (SSSR count). The summed E-state index contributed by atoms with van der Waals surface area (Å²) in [5.41, 5.74) is 2.55. The summed E-state index contributed by atoms with van der Waals surface area (Å²) in [4.78, 5) is 10.3. The molecule has 1 unspecified atom stereocenters. The van der Waals surface area contributed by atoms with Crippen molar-refractivity contribution in [3.8, 4) is 0 Å². The molecule has 0 aromatic heterocycles. The third-order valence-electron chi connectivity index (χ3n) is 2.24. The Bertz CT molecular complexity index is 377. The number of amides is 1. The minimum Gasteiger partial charge on any atom is -0.323 e. The van der Waals surface area contributed by atoms with Gasteiger partial charge in [0.2, 0.25) is 6.41 Å². The van der Waals surface area contributed by atoms with Crippen molar-refractivity contribution in [3.05, 3.63) is 46.6 Å². The maximum Gasteiger partial charge on any atom is 0.211 e. The van der Waals surface area contributed by atoms with Gasteiger partial charge in [-0.15, -0.1) is 0 Å². The summed E-state index contributed by atoms with van der Waals surface area (Å²) in [7, 11) is 0. The minimum atomic E-state index is 0.354. The molecule has 0 spiro atoms. The Morgan fingerprint density at radius 2 is 2.36 bits per heavy atom. The van der Waals surface area contributed by atoms with Crippen LogP contribution in [0.2, 0.25) is 0 Å². The summed E-state index contributed by atoms with van der Waals surface area (Å²) in [6.07, 6.45) is 11.1. The van der Waals surface area contributed by atoms with Crippen LogP contribution in [0, 0.1) is 0 Å². The highest BCUT2D eigenvalue weighted by molar-refractivity contribution is 8.04. The van der Waals surface area contributed by atoms with Crippen LogP contribution in [0.25, 0.3) is 0 Å². The third-order valence-corrected chi connectivity index (χ3v) is 3.39. The van der Waals surface area contributed by atoms with Crippen LogP contribution in [0.1, 0.15) is 6.92 Å². The van der Waals surface area contributed by atoms with Gasteiger partial charge in [-0.2, -0.15) is 0 Å². The van der Waals surface area contributed by atoms with E-state index in [9.17, 15) is 4.79 Å². The molecule has 1 N–H and O–H groups in total. The van der Waals surface area contributed by atoms with E-state index in [2.05, 4.69) is 24.4 Å². The number of carbonyl (C=O) groups excluding carboxylic acids is 1. The Hall–Kier alpha value is -1.22. The minimum absolute atomic E-state index is 0.354. The summed E-state index contributed by atoms with van der Waals surface area (Å²) in [5, 5.41) is 3.98. The molecule has 0 aromatic rings. The molecule has 0 radical (unpaired) electrons. The monoisotopic (exact) mass is 205 g/mol. The van der Waals surface area contributed by atoms with E-state index in [4.69, 9.17) is 0 Å². The lowest BCUT2D eigenvalue weighted by Gasteiger charge is -2.23. The predicted octanol–water partition coefficient (Wildman–Crippen LogP) is 2.13. The molecule has 1 aliphatic heterocycles. The Balaban J connectivity index is 2.31. The Morgan fingerprint density at radius 1 is 1.50 bits per heavy atom. The van der Waals surface area contributed by atoms with E-state index in [1.165, 1.54) is 11.1 Å². The number of rotatable bonds is 2. The molecule has 0 saturated heterocycles. The van der Waals surface area contributed by atoms with Gasteiger partial charge in [0.15, 0.2) is 0 Å². The number of carbonyl (C=O) groups is 1. The van der Waals surface area contributed by atoms with E-state index in [1.54, 1.807) is 11.8 Å². The topological polar surface area (TPSA) is 29.1 Å². The highest BCUT2D eigenvalue weighted by Crippen LogP contribution is 2.36. The van der Waals surface area contributed by atoms with E-state index in [0.717, 1.165) is 11.4 Å². The molecule has 0 aromatic carbocycles. The molecule has 2 aliphatic rings. The second-order valence-electron chi connectivity index (χ2n) is 3.19. The maximum atomic E-state index is 10.3. The first-order valence-electron chi connectivity index (χ1n) is 4.45. The largest absolute Gasteiger partial charge is 0.323 e. The second-order valence-corrected chi connectivity index (χ2v) is 4.37. The van der Waals surface area contributed by atoms with Crippen molar-refractivity contribution in [2.24, 2.45) is 0 Å². The molecule has 1 aliphatic carbocycles. The van der Waals surface area contributed by atoms with Crippen LogP contribution in [-0.2, 0) is 4.79 Å². The van der Waals surface area contributed by atoms with Gasteiger partial charge in [-0.1, -0.05) is 36.1 Å². The van der Waals surface area contributed by atoms with Gasteiger partial charge >= 0.3 is 0 Å². The van der Waals surface area contributed by atoms with E-state index in [0.29, 0.717) is 5.25 Å². The first kappa shape index (κ1) is 9.34. The van der Waals surface area contributed by atoms with Gasteiger partial charge in [0, 0.05) is 0 Å². The standard InChI is InChI=1S/C11H11NOS/c1-8-6-11(12-7-13)14-10-5-3-2-4-9(8)10/h2-7,10H,1H3,(H,12,13). The Morgan fingerprint density at radius 3 is 3.14 bits per heavy atom. The van der Waals surface area contributed by atoms with Gasteiger partial charge in [0.25, 0.3) is 0 Å². The molecule has 0 saturated carbocycles. The fourth-order valence-electron chi connectivity index (χ4n) is 1.57. The van der Waals surface area contributed by atoms with Gasteiger partial charge in [0.05, 0.1) is 10.3 Å². The van der Waals surface area contributed by atoms with Crippen molar-refractivity contribution in [1.29, 1.82) is 0 Å². The van der Waals surface area contributed by atoms with Crippen LogP contribution < -0.4 is 5.32 Å². The Labute approximate surface area is 87.5 Å². The maximum absolute atomic E-state index is 10.3. The van der Waals surface area contributed by atoms with Gasteiger partial charge in [-0.25, -0.2) is 0 Å². The fraction of sp³-hybridized carbons (Fsp3) is 0.182. The van der Waals surface area contributed by atoms with Crippen LogP contribution in [0.15, 0.2) is 46.6 Å². The van der Waals surface area contributed by atoms with E-state index in [1.807, 2.05) is 18.2 Å². The second kappa shape index (κ2) is 3.88. The van der Waals surface area contributed by atoms with Crippen molar-refractivity contribution in [2.45, 2.75) is 12.2 Å². The lowest BCUT2D eigenvalue weighted by atomic mass is 10.0. The number of hydrogen-bond donors (Lipinski definition) is 1. The summed E-state index contributed by atoms with van der Waals surface area (Å²) >= 11 is 1.67. The number of fused-ring (bicyclic) bond motifs is 1. The average molecular weight is 205 g/mol. The lowest BCUT2D eigenvalue weighted by molar-refractivity contribution is -0.108.